The maximum Gasteiger partial charge on any atom is 0.109 e. The summed E-state index contributed by atoms with van der Waals surface area (Å²) in [6.07, 6.45) is 8.12. The topological polar surface area (TPSA) is 93.0 Å². The van der Waals surface area contributed by atoms with Crippen molar-refractivity contribution in [3.8, 4) is 0 Å². The normalized spacial score (nSPS) is 17.0. The zero-order valence-electron chi connectivity index (χ0n) is 15.1. The lowest BCUT2D eigenvalue weighted by atomic mass is 10.0. The Morgan fingerprint density at radius 1 is 0.696 bits per heavy atom. The second kappa shape index (κ2) is 15.3. The molecule has 140 valence electrons. The minimum atomic E-state index is -1.32. The highest BCUT2D eigenvalue weighted by Crippen LogP contribution is 2.10. The highest BCUT2D eigenvalue weighted by molar-refractivity contribution is 4.79. The zero-order chi connectivity index (χ0) is 17.5. The Morgan fingerprint density at radius 3 is 1.65 bits per heavy atom. The van der Waals surface area contributed by atoms with Gasteiger partial charge in [0.25, 0.3) is 0 Å². The summed E-state index contributed by atoms with van der Waals surface area (Å²) in [5.74, 6) is 0. The van der Waals surface area contributed by atoms with Gasteiger partial charge in [0.1, 0.15) is 12.2 Å². The molecule has 0 spiro atoms. The average molecular weight is 334 g/mol. The van der Waals surface area contributed by atoms with E-state index in [0.717, 1.165) is 13.0 Å². The summed E-state index contributed by atoms with van der Waals surface area (Å²) >= 11 is 0. The van der Waals surface area contributed by atoms with E-state index in [-0.39, 0.29) is 6.54 Å². The van der Waals surface area contributed by atoms with Crippen LogP contribution in [0.3, 0.4) is 0 Å². The van der Waals surface area contributed by atoms with E-state index in [4.69, 9.17) is 0 Å². The second-order valence-electron chi connectivity index (χ2n) is 6.68. The predicted molar refractivity (Wildman–Crippen MR) is 94.4 cm³/mol. The van der Waals surface area contributed by atoms with Gasteiger partial charge in [-0.05, 0) is 19.9 Å². The maximum atomic E-state index is 9.71. The predicted octanol–water partition coefficient (Wildman–Crippen LogP) is 1.96. The summed E-state index contributed by atoms with van der Waals surface area (Å²) in [7, 11) is 0. The van der Waals surface area contributed by atoms with Crippen molar-refractivity contribution in [2.45, 2.75) is 102 Å². The molecule has 0 aromatic carbocycles. The first-order chi connectivity index (χ1) is 11.0. The molecule has 0 radical (unpaired) electrons. The number of aliphatic hydroxyl groups is 4. The molecule has 0 aromatic rings. The molecule has 5 heteroatoms. The van der Waals surface area contributed by atoms with Gasteiger partial charge in [-0.2, -0.15) is 0 Å². The number of nitrogens with one attached hydrogen (secondary N) is 1. The maximum absolute atomic E-state index is 9.71. The summed E-state index contributed by atoms with van der Waals surface area (Å²) in [5, 5.41) is 41.1. The zero-order valence-corrected chi connectivity index (χ0v) is 15.1. The fraction of sp³-hybridized carbons (Fsp3) is 1.00. The first-order valence-electron chi connectivity index (χ1n) is 9.43. The van der Waals surface area contributed by atoms with E-state index < -0.39 is 24.4 Å². The molecule has 0 aliphatic rings. The average Bonchev–Trinajstić information content (AvgIpc) is 2.54. The van der Waals surface area contributed by atoms with Crippen molar-refractivity contribution in [3.05, 3.63) is 0 Å². The van der Waals surface area contributed by atoms with Crippen LogP contribution in [0.4, 0.5) is 0 Å². The largest absolute Gasteiger partial charge is 0.391 e. The fourth-order valence-corrected chi connectivity index (χ4v) is 2.62. The number of rotatable bonds is 16. The molecule has 0 rings (SSSR count). The highest BCUT2D eigenvalue weighted by atomic mass is 16.4. The second-order valence-corrected chi connectivity index (χ2v) is 6.68. The van der Waals surface area contributed by atoms with Crippen LogP contribution < -0.4 is 5.32 Å². The van der Waals surface area contributed by atoms with Crippen LogP contribution in [0.15, 0.2) is 0 Å². The van der Waals surface area contributed by atoms with Gasteiger partial charge in [0.15, 0.2) is 0 Å². The van der Waals surface area contributed by atoms with Crippen molar-refractivity contribution in [2.75, 3.05) is 13.1 Å². The first-order valence-corrected chi connectivity index (χ1v) is 9.43. The Kier molecular flexibility index (Phi) is 15.2. The van der Waals surface area contributed by atoms with Gasteiger partial charge in [-0.15, -0.1) is 0 Å². The molecule has 0 heterocycles. The molecule has 0 bridgehead atoms. The molecule has 0 fully saturated rings. The van der Waals surface area contributed by atoms with Crippen LogP contribution in [0.1, 0.15) is 78.1 Å². The standard InChI is InChI=1S/C18H39NO4/c1-3-4-5-6-7-8-9-10-11-12-13-19-14-16(21)18(23)17(22)15(2)20/h15-23H,3-14H2,1-2H3/t15-,16-,17-,18-/m0/s1. The summed E-state index contributed by atoms with van der Waals surface area (Å²) < 4.78 is 0. The Morgan fingerprint density at radius 2 is 1.17 bits per heavy atom. The lowest BCUT2D eigenvalue weighted by molar-refractivity contribution is -0.0986. The van der Waals surface area contributed by atoms with Crippen LogP contribution in [-0.4, -0.2) is 57.9 Å². The van der Waals surface area contributed by atoms with Gasteiger partial charge >= 0.3 is 0 Å². The monoisotopic (exact) mass is 333 g/mol. The molecular formula is C18H39NO4. The number of aliphatic hydroxyl groups excluding tert-OH is 4. The van der Waals surface area contributed by atoms with Gasteiger partial charge in [-0.25, -0.2) is 0 Å². The molecule has 4 atom stereocenters. The van der Waals surface area contributed by atoms with Crippen molar-refractivity contribution >= 4 is 0 Å². The van der Waals surface area contributed by atoms with Crippen LogP contribution in [0.5, 0.6) is 0 Å². The summed E-state index contributed by atoms with van der Waals surface area (Å²) in [6.45, 7) is 4.65. The molecule has 0 aliphatic heterocycles. The molecule has 0 unspecified atom stereocenters. The van der Waals surface area contributed by atoms with Crippen molar-refractivity contribution in [2.24, 2.45) is 0 Å². The Labute approximate surface area is 142 Å². The van der Waals surface area contributed by atoms with Crippen molar-refractivity contribution in [1.82, 2.24) is 5.32 Å². The van der Waals surface area contributed by atoms with Gasteiger partial charge in [0, 0.05) is 6.54 Å². The van der Waals surface area contributed by atoms with Crippen molar-refractivity contribution in [3.63, 3.8) is 0 Å². The van der Waals surface area contributed by atoms with E-state index in [1.165, 1.54) is 64.7 Å². The summed E-state index contributed by atoms with van der Waals surface area (Å²) in [5.41, 5.74) is 0. The third-order valence-electron chi connectivity index (χ3n) is 4.30. The van der Waals surface area contributed by atoms with Crippen LogP contribution in [0.25, 0.3) is 0 Å². The van der Waals surface area contributed by atoms with E-state index in [1.54, 1.807) is 0 Å². The van der Waals surface area contributed by atoms with E-state index in [9.17, 15) is 20.4 Å². The van der Waals surface area contributed by atoms with Gasteiger partial charge in [0.2, 0.25) is 0 Å². The van der Waals surface area contributed by atoms with Crippen LogP contribution in [0.2, 0.25) is 0 Å². The molecule has 0 saturated heterocycles. The van der Waals surface area contributed by atoms with E-state index in [2.05, 4.69) is 12.2 Å². The number of unbranched alkanes of at least 4 members (excludes halogenated alkanes) is 9. The lowest BCUT2D eigenvalue weighted by Crippen LogP contribution is -2.47. The molecule has 0 aromatic heterocycles. The SMILES string of the molecule is CCCCCCCCCCCCNC[C@H](O)[C@H](O)[C@@H](O)[C@H](C)O. The fourth-order valence-electron chi connectivity index (χ4n) is 2.62. The third kappa shape index (κ3) is 12.8. The Bertz CT molecular complexity index is 251. The van der Waals surface area contributed by atoms with Gasteiger partial charge in [0.05, 0.1) is 12.2 Å². The number of hydrogen-bond donors (Lipinski definition) is 5. The first kappa shape index (κ1) is 22.8. The summed E-state index contributed by atoms with van der Waals surface area (Å²) in [6, 6.07) is 0. The number of hydrogen-bond acceptors (Lipinski definition) is 5. The van der Waals surface area contributed by atoms with Crippen molar-refractivity contribution in [1.29, 1.82) is 0 Å². The quantitative estimate of drug-likeness (QED) is 0.278. The van der Waals surface area contributed by atoms with Gasteiger partial charge in [-0.3, -0.25) is 0 Å². The molecule has 0 saturated carbocycles. The van der Waals surface area contributed by atoms with Crippen molar-refractivity contribution < 1.29 is 20.4 Å². The van der Waals surface area contributed by atoms with Gasteiger partial charge < -0.3 is 25.7 Å². The minimum absolute atomic E-state index is 0.225. The van der Waals surface area contributed by atoms with Crippen LogP contribution in [-0.2, 0) is 0 Å². The third-order valence-corrected chi connectivity index (χ3v) is 4.30. The minimum Gasteiger partial charge on any atom is -0.391 e. The van der Waals surface area contributed by atoms with Gasteiger partial charge in [-0.1, -0.05) is 64.7 Å². The molecular weight excluding hydrogens is 294 g/mol. The van der Waals surface area contributed by atoms with E-state index in [1.807, 2.05) is 0 Å². The smallest absolute Gasteiger partial charge is 0.109 e. The molecule has 5 nitrogen and oxygen atoms in total. The Balaban J connectivity index is 3.35. The van der Waals surface area contributed by atoms with Crippen LogP contribution >= 0.6 is 0 Å². The molecule has 5 N–H and O–H groups in total. The highest BCUT2D eigenvalue weighted by Gasteiger charge is 2.27. The molecule has 23 heavy (non-hydrogen) atoms. The Hall–Kier alpha value is -0.200. The van der Waals surface area contributed by atoms with Crippen LogP contribution in [0, 0.1) is 0 Å². The molecule has 0 aliphatic carbocycles. The summed E-state index contributed by atoms with van der Waals surface area (Å²) in [4.78, 5) is 0. The van der Waals surface area contributed by atoms with E-state index in [0.29, 0.717) is 0 Å². The molecule has 0 amide bonds. The van der Waals surface area contributed by atoms with E-state index >= 15 is 0 Å². The lowest BCUT2D eigenvalue weighted by Gasteiger charge is -2.24.